The molecular formula is C22H23N5O4S. The highest BCUT2D eigenvalue weighted by Gasteiger charge is 2.12. The van der Waals surface area contributed by atoms with Crippen molar-refractivity contribution in [2.24, 2.45) is 0 Å². The van der Waals surface area contributed by atoms with Crippen LogP contribution in [0.2, 0.25) is 0 Å². The quantitative estimate of drug-likeness (QED) is 0.375. The van der Waals surface area contributed by atoms with E-state index in [0.29, 0.717) is 35.6 Å². The zero-order chi connectivity index (χ0) is 22.7. The summed E-state index contributed by atoms with van der Waals surface area (Å²) in [6.45, 7) is 4.34. The van der Waals surface area contributed by atoms with Crippen LogP contribution in [0.3, 0.4) is 0 Å². The molecule has 2 aromatic carbocycles. The largest absolute Gasteiger partial charge is 0.504 e. The van der Waals surface area contributed by atoms with Gasteiger partial charge >= 0.3 is 6.03 Å². The molecule has 0 aliphatic heterocycles. The Hall–Kier alpha value is -3.66. The number of ether oxygens (including phenoxy) is 1. The Labute approximate surface area is 188 Å². The van der Waals surface area contributed by atoms with Crippen molar-refractivity contribution in [2.45, 2.75) is 26.2 Å². The van der Waals surface area contributed by atoms with Gasteiger partial charge in [-0.2, -0.15) is 4.98 Å². The van der Waals surface area contributed by atoms with Crippen LogP contribution in [0, 0.1) is 0 Å². The van der Waals surface area contributed by atoms with Gasteiger partial charge in [0.1, 0.15) is 0 Å². The van der Waals surface area contributed by atoms with Crippen LogP contribution >= 0.6 is 11.3 Å². The number of carbonyl (C=O) groups is 1. The van der Waals surface area contributed by atoms with Crippen LogP contribution in [0.15, 0.2) is 40.9 Å². The summed E-state index contributed by atoms with van der Waals surface area (Å²) in [5, 5.41) is 19.7. The van der Waals surface area contributed by atoms with Gasteiger partial charge in [0.2, 0.25) is 5.89 Å². The van der Waals surface area contributed by atoms with Gasteiger partial charge in [-0.25, -0.2) is 9.78 Å². The molecule has 0 atom stereocenters. The van der Waals surface area contributed by atoms with Crippen molar-refractivity contribution >= 4 is 32.7 Å². The maximum Gasteiger partial charge on any atom is 0.321 e. The number of amides is 2. The van der Waals surface area contributed by atoms with Crippen molar-refractivity contribution in [2.75, 3.05) is 19.0 Å². The molecule has 0 spiro atoms. The highest BCUT2D eigenvalue weighted by atomic mass is 32.1. The van der Waals surface area contributed by atoms with Crippen molar-refractivity contribution < 1.29 is 19.2 Å². The van der Waals surface area contributed by atoms with E-state index in [1.807, 2.05) is 38.1 Å². The summed E-state index contributed by atoms with van der Waals surface area (Å²) in [7, 11) is 1.51. The summed E-state index contributed by atoms with van der Waals surface area (Å²) in [5.41, 5.74) is 2.64. The second-order valence-electron chi connectivity index (χ2n) is 7.42. The van der Waals surface area contributed by atoms with Crippen LogP contribution in [0.1, 0.15) is 31.5 Å². The van der Waals surface area contributed by atoms with Crippen LogP contribution in [0.25, 0.3) is 21.3 Å². The van der Waals surface area contributed by atoms with E-state index in [2.05, 4.69) is 25.8 Å². The Morgan fingerprint density at radius 3 is 2.72 bits per heavy atom. The van der Waals surface area contributed by atoms with Crippen molar-refractivity contribution in [1.29, 1.82) is 0 Å². The van der Waals surface area contributed by atoms with Crippen molar-refractivity contribution in [3.63, 3.8) is 0 Å². The molecule has 2 heterocycles. The minimum Gasteiger partial charge on any atom is -0.504 e. The Morgan fingerprint density at radius 1 is 1.19 bits per heavy atom. The lowest BCUT2D eigenvalue weighted by atomic mass is 10.1. The number of aromatic hydroxyl groups is 1. The molecule has 2 amide bonds. The van der Waals surface area contributed by atoms with E-state index in [9.17, 15) is 9.90 Å². The molecule has 4 aromatic rings. The monoisotopic (exact) mass is 453 g/mol. The van der Waals surface area contributed by atoms with E-state index in [1.165, 1.54) is 18.4 Å². The van der Waals surface area contributed by atoms with Gasteiger partial charge in [-0.05, 0) is 35.4 Å². The van der Waals surface area contributed by atoms with E-state index >= 15 is 0 Å². The lowest BCUT2D eigenvalue weighted by Crippen LogP contribution is -2.30. The fourth-order valence-corrected chi connectivity index (χ4v) is 3.94. The van der Waals surface area contributed by atoms with E-state index in [4.69, 9.17) is 9.26 Å². The fourth-order valence-electron chi connectivity index (χ4n) is 3.04. The van der Waals surface area contributed by atoms with Crippen LogP contribution < -0.4 is 15.4 Å². The third-order valence-corrected chi connectivity index (χ3v) is 5.68. The third kappa shape index (κ3) is 4.80. The van der Waals surface area contributed by atoms with Gasteiger partial charge < -0.3 is 19.7 Å². The fraction of sp³-hybridized carbons (Fsp3) is 0.273. The number of phenols is 1. The van der Waals surface area contributed by atoms with Gasteiger partial charge in [0.15, 0.2) is 22.5 Å². The van der Waals surface area contributed by atoms with Crippen LogP contribution in [-0.4, -0.2) is 39.9 Å². The molecule has 0 unspecified atom stereocenters. The molecular weight excluding hydrogens is 430 g/mol. The molecule has 0 radical (unpaired) electrons. The molecule has 4 rings (SSSR count). The number of hydrogen-bond acceptors (Lipinski definition) is 8. The molecule has 0 bridgehead atoms. The van der Waals surface area contributed by atoms with E-state index in [1.54, 1.807) is 12.1 Å². The maximum atomic E-state index is 12.2. The number of carbonyl (C=O) groups excluding carboxylic acids is 1. The highest BCUT2D eigenvalue weighted by Crippen LogP contribution is 2.34. The number of aromatic nitrogens is 3. The highest BCUT2D eigenvalue weighted by molar-refractivity contribution is 7.22. The molecule has 10 heteroatoms. The number of urea groups is 1. The summed E-state index contributed by atoms with van der Waals surface area (Å²) in [5.74, 6) is 1.84. The summed E-state index contributed by atoms with van der Waals surface area (Å²) in [6, 6.07) is 10.7. The van der Waals surface area contributed by atoms with Crippen molar-refractivity contribution in [3.05, 3.63) is 48.1 Å². The number of nitrogens with one attached hydrogen (secondary N) is 2. The van der Waals surface area contributed by atoms with E-state index < -0.39 is 0 Å². The number of anilines is 1. The molecule has 0 saturated heterocycles. The Morgan fingerprint density at radius 2 is 1.97 bits per heavy atom. The van der Waals surface area contributed by atoms with Gasteiger partial charge in [0, 0.05) is 18.9 Å². The Kier molecular flexibility index (Phi) is 6.22. The standard InChI is InChI=1S/C22H23N5O4S/c1-12(2)20-25-19(31-27-20)8-9-23-21(29)26-22-24-15-6-4-14(11-18(15)32-22)13-5-7-16(28)17(10-13)30-3/h4-7,10-12,28H,8-9H2,1-3H3,(H2,23,24,26,29). The lowest BCUT2D eigenvalue weighted by Gasteiger charge is -2.06. The molecule has 32 heavy (non-hydrogen) atoms. The maximum absolute atomic E-state index is 12.2. The summed E-state index contributed by atoms with van der Waals surface area (Å²) >= 11 is 1.38. The first kappa shape index (κ1) is 21.6. The average molecular weight is 454 g/mol. The number of fused-ring (bicyclic) bond motifs is 1. The van der Waals surface area contributed by atoms with Gasteiger partial charge in [-0.1, -0.05) is 42.5 Å². The Bertz CT molecular complexity index is 1250. The normalized spacial score (nSPS) is 11.1. The third-order valence-electron chi connectivity index (χ3n) is 4.75. The smallest absolute Gasteiger partial charge is 0.321 e. The number of hydrogen-bond donors (Lipinski definition) is 3. The molecule has 0 saturated carbocycles. The van der Waals surface area contributed by atoms with Crippen molar-refractivity contribution in [3.8, 4) is 22.6 Å². The zero-order valence-electron chi connectivity index (χ0n) is 17.9. The molecule has 166 valence electrons. The first-order valence-electron chi connectivity index (χ1n) is 10.1. The average Bonchev–Trinajstić information content (AvgIpc) is 3.40. The summed E-state index contributed by atoms with van der Waals surface area (Å²) in [4.78, 5) is 21.0. The van der Waals surface area contributed by atoms with Crippen LogP contribution in [-0.2, 0) is 6.42 Å². The topological polar surface area (TPSA) is 122 Å². The molecule has 3 N–H and O–H groups in total. The van der Waals surface area contributed by atoms with Crippen LogP contribution in [0.5, 0.6) is 11.5 Å². The predicted octanol–water partition coefficient (Wildman–Crippen LogP) is 4.55. The number of benzene rings is 2. The summed E-state index contributed by atoms with van der Waals surface area (Å²) < 4.78 is 11.3. The molecule has 0 aliphatic rings. The second kappa shape index (κ2) is 9.23. The number of methoxy groups -OCH3 is 1. The molecule has 9 nitrogen and oxygen atoms in total. The lowest BCUT2D eigenvalue weighted by molar-refractivity contribution is 0.252. The first-order chi connectivity index (χ1) is 15.4. The van der Waals surface area contributed by atoms with Gasteiger partial charge in [-0.3, -0.25) is 5.32 Å². The van der Waals surface area contributed by atoms with Gasteiger partial charge in [0.05, 0.1) is 17.3 Å². The number of nitrogens with zero attached hydrogens (tertiary/aromatic N) is 3. The van der Waals surface area contributed by atoms with Crippen molar-refractivity contribution in [1.82, 2.24) is 20.4 Å². The van der Waals surface area contributed by atoms with E-state index in [-0.39, 0.29) is 17.7 Å². The second-order valence-corrected chi connectivity index (χ2v) is 8.45. The number of rotatable bonds is 7. The number of phenolic OH excluding ortho intramolecular Hbond substituents is 1. The number of thiazole rings is 1. The van der Waals surface area contributed by atoms with E-state index in [0.717, 1.165) is 21.3 Å². The summed E-state index contributed by atoms with van der Waals surface area (Å²) in [6.07, 6.45) is 0.451. The SMILES string of the molecule is COc1cc(-c2ccc3nc(NC(=O)NCCc4nc(C(C)C)no4)sc3c2)ccc1O. The van der Waals surface area contributed by atoms with Gasteiger partial charge in [0.25, 0.3) is 0 Å². The zero-order valence-corrected chi connectivity index (χ0v) is 18.7. The predicted molar refractivity (Wildman–Crippen MR) is 122 cm³/mol. The molecule has 2 aromatic heterocycles. The molecule has 0 fully saturated rings. The Balaban J connectivity index is 1.38. The minimum absolute atomic E-state index is 0.0899. The first-order valence-corrected chi connectivity index (χ1v) is 10.9. The van der Waals surface area contributed by atoms with Crippen LogP contribution in [0.4, 0.5) is 9.93 Å². The van der Waals surface area contributed by atoms with Gasteiger partial charge in [-0.15, -0.1) is 0 Å². The minimum atomic E-state index is -0.351. The molecule has 0 aliphatic carbocycles.